The Morgan fingerprint density at radius 1 is 0.270 bits per heavy atom. The lowest BCUT2D eigenvalue weighted by Crippen LogP contribution is -2.67. The number of benzene rings is 6. The lowest BCUT2D eigenvalue weighted by Gasteiger charge is -2.50. The van der Waals surface area contributed by atoms with Crippen LogP contribution in [0.4, 0.5) is 0 Å². The molecule has 2 fully saturated rings. The second-order valence-corrected chi connectivity index (χ2v) is 31.7. The summed E-state index contributed by atoms with van der Waals surface area (Å²) in [5, 5.41) is 7.03. The monoisotopic (exact) mass is 1530 g/mol. The fraction of sp³-hybridized carbons (Fsp3) is 0.612. The van der Waals surface area contributed by atoms with Crippen molar-refractivity contribution < 1.29 is 52.2 Å². The number of rotatable bonds is 62. The van der Waals surface area contributed by atoms with Crippen LogP contribution in [0.25, 0.3) is 0 Å². The largest absolute Gasteiger partial charge is 0.368 e. The Hall–Kier alpha value is -6.10. The molecule has 13 nitrogen and oxygen atoms in total. The Kier molecular flexibility index (Phi) is 46.5. The normalized spacial score (nSPS) is 19.9. The molecule has 2 aliphatic rings. The summed E-state index contributed by atoms with van der Waals surface area (Å²) in [5.41, 5.74) is 5.77. The van der Waals surface area contributed by atoms with E-state index in [2.05, 4.69) is 111 Å². The summed E-state index contributed by atoms with van der Waals surface area (Å²) >= 11 is 0. The van der Waals surface area contributed by atoms with Crippen LogP contribution in [0.2, 0.25) is 0 Å². The molecule has 0 aromatic heterocycles. The standard InChI is InChI=1S/C98H144N2O11/c1-5-9-13-17-21-25-29-51-67-85(68-52-30-26-22-18-14-10-6-2)95(101)99-71-87-89(103-73-79-55-39-33-40-56-79)91(105-75-81-59-43-35-44-60-81)93(107-77-83-63-47-37-48-64-83)97(109-87)111-98-94(108-78-84-65-49-38-50-66-84)92(106-76-82-61-45-36-46-62-82)90(104-74-80-57-41-34-42-58-80)88(110-98)72-100-96(102)86(69-53-31-27-23-19-15-11-7-3)70-54-32-28-24-20-16-12-8-4/h33-50,55-66,85-94,97-98H,5-32,51-54,67-78H2,1-4H3,(H,99,101)(H,100,102)/t87?,88?,89-,90-,91+,92+,93?,94?,97-,98-/m1/s1. The molecule has 10 atom stereocenters. The molecule has 0 radical (unpaired) electrons. The lowest BCUT2D eigenvalue weighted by atomic mass is 9.92. The van der Waals surface area contributed by atoms with E-state index >= 15 is 9.59 Å². The van der Waals surface area contributed by atoms with Crippen molar-refractivity contribution in [2.45, 2.75) is 360 Å². The Bertz CT molecular complexity index is 2970. The highest BCUT2D eigenvalue weighted by atomic mass is 16.8. The van der Waals surface area contributed by atoms with Crippen LogP contribution in [0.1, 0.15) is 292 Å². The summed E-state index contributed by atoms with van der Waals surface area (Å²) in [6, 6.07) is 61.0. The van der Waals surface area contributed by atoms with Crippen LogP contribution >= 0.6 is 0 Å². The minimum atomic E-state index is -1.24. The van der Waals surface area contributed by atoms with Crippen LogP contribution in [0, 0.1) is 11.8 Å². The van der Waals surface area contributed by atoms with Crippen LogP contribution in [0.15, 0.2) is 182 Å². The van der Waals surface area contributed by atoms with Crippen molar-refractivity contribution in [1.82, 2.24) is 10.6 Å². The van der Waals surface area contributed by atoms with Crippen LogP contribution in [0.5, 0.6) is 0 Å². The summed E-state index contributed by atoms with van der Waals surface area (Å²) in [4.78, 5) is 30.6. The third-order valence-corrected chi connectivity index (χ3v) is 22.5. The van der Waals surface area contributed by atoms with Crippen molar-refractivity contribution in [3.8, 4) is 0 Å². The number of nitrogens with one attached hydrogen (secondary N) is 2. The highest BCUT2D eigenvalue weighted by Crippen LogP contribution is 2.38. The van der Waals surface area contributed by atoms with Crippen LogP contribution in [0.3, 0.4) is 0 Å². The van der Waals surface area contributed by atoms with Gasteiger partial charge in [0.25, 0.3) is 0 Å². The summed E-state index contributed by atoms with van der Waals surface area (Å²) < 4.78 is 66.8. The molecule has 0 saturated carbocycles. The van der Waals surface area contributed by atoms with E-state index in [1.807, 2.05) is 109 Å². The molecule has 4 unspecified atom stereocenters. The van der Waals surface area contributed by atoms with Crippen molar-refractivity contribution in [2.75, 3.05) is 13.1 Å². The van der Waals surface area contributed by atoms with Gasteiger partial charge < -0.3 is 53.3 Å². The summed E-state index contributed by atoms with van der Waals surface area (Å²) in [5.74, 6) is -0.272. The molecule has 2 amide bonds. The predicted octanol–water partition coefficient (Wildman–Crippen LogP) is 23.6. The number of amides is 2. The smallest absolute Gasteiger partial charge is 0.223 e. The van der Waals surface area contributed by atoms with Gasteiger partial charge in [0.15, 0.2) is 12.6 Å². The molecule has 2 N–H and O–H groups in total. The van der Waals surface area contributed by atoms with Gasteiger partial charge in [0.1, 0.15) is 48.8 Å². The molecule has 2 heterocycles. The van der Waals surface area contributed by atoms with Gasteiger partial charge in [0.05, 0.1) is 39.6 Å². The van der Waals surface area contributed by atoms with E-state index in [0.717, 1.165) is 110 Å². The Balaban J connectivity index is 1.19. The SMILES string of the molecule is CCCCCCCCCCC(CCCCCCCCCC)C(=O)NCC1O[C@H](O[C@H]2OC(CNC(=O)C(CCCCCCCCCC)CCCCCCCCCC)[C@@H](OCc3ccccc3)[C@H](OCc3ccccc3)C2OCc2ccccc2)C(OCc2ccccc2)[C@@H](OCc2ccccc2)[C@@H]1OCc1ccccc1. The fourth-order valence-corrected chi connectivity index (χ4v) is 15.8. The molecular formula is C98H144N2O11. The lowest BCUT2D eigenvalue weighted by molar-refractivity contribution is -0.390. The molecule has 13 heteroatoms. The summed E-state index contributed by atoms with van der Waals surface area (Å²) in [7, 11) is 0. The third-order valence-electron chi connectivity index (χ3n) is 22.5. The van der Waals surface area contributed by atoms with Gasteiger partial charge in [-0.2, -0.15) is 0 Å². The molecule has 2 aliphatic heterocycles. The highest BCUT2D eigenvalue weighted by molar-refractivity contribution is 5.79. The van der Waals surface area contributed by atoms with Gasteiger partial charge >= 0.3 is 0 Å². The second-order valence-electron chi connectivity index (χ2n) is 31.7. The van der Waals surface area contributed by atoms with Crippen LogP contribution in [-0.4, -0.2) is 86.3 Å². The number of carbonyl (C=O) groups is 2. The van der Waals surface area contributed by atoms with Crippen LogP contribution < -0.4 is 10.6 Å². The Morgan fingerprint density at radius 3 is 0.694 bits per heavy atom. The number of unbranched alkanes of at least 4 members (excludes halogenated alkanes) is 28. The van der Waals surface area contributed by atoms with E-state index in [9.17, 15) is 0 Å². The van der Waals surface area contributed by atoms with Gasteiger partial charge in [0.2, 0.25) is 11.8 Å². The maximum absolute atomic E-state index is 15.3. The van der Waals surface area contributed by atoms with Crippen LogP contribution in [-0.2, 0) is 91.9 Å². The van der Waals surface area contributed by atoms with Crippen molar-refractivity contribution in [3.05, 3.63) is 215 Å². The summed E-state index contributed by atoms with van der Waals surface area (Å²) in [6.07, 6.45) is 32.4. The number of ether oxygens (including phenoxy) is 9. The first-order valence-electron chi connectivity index (χ1n) is 44.3. The summed E-state index contributed by atoms with van der Waals surface area (Å²) in [6.45, 7) is 10.5. The van der Waals surface area contributed by atoms with Crippen molar-refractivity contribution >= 4 is 11.8 Å². The van der Waals surface area contributed by atoms with E-state index in [0.29, 0.717) is 0 Å². The maximum atomic E-state index is 15.3. The topological polar surface area (TPSA) is 141 Å². The van der Waals surface area contributed by atoms with Gasteiger partial charge in [0, 0.05) is 24.9 Å². The van der Waals surface area contributed by atoms with Gasteiger partial charge in [-0.3, -0.25) is 9.59 Å². The molecule has 0 aliphatic carbocycles. The molecular weight excluding hydrogens is 1380 g/mol. The average Bonchev–Trinajstić information content (AvgIpc) is 0.773. The zero-order valence-corrected chi connectivity index (χ0v) is 68.9. The van der Waals surface area contributed by atoms with E-state index in [-0.39, 0.29) is 76.4 Å². The molecule has 6 aromatic carbocycles. The quantitative estimate of drug-likeness (QED) is 0.0353. The van der Waals surface area contributed by atoms with Gasteiger partial charge in [-0.05, 0) is 59.1 Å². The zero-order chi connectivity index (χ0) is 77.7. The second kappa shape index (κ2) is 57.0. The first-order chi connectivity index (χ1) is 54.8. The third kappa shape index (κ3) is 35.7. The minimum absolute atomic E-state index is 0.0284. The van der Waals surface area contributed by atoms with Crippen molar-refractivity contribution in [3.63, 3.8) is 0 Å². The molecule has 6 aromatic rings. The molecule has 8 rings (SSSR count). The average molecular weight is 1530 g/mol. The molecule has 2 saturated heterocycles. The van der Waals surface area contributed by atoms with Crippen molar-refractivity contribution in [2.24, 2.45) is 11.8 Å². The highest BCUT2D eigenvalue weighted by Gasteiger charge is 2.54. The zero-order valence-electron chi connectivity index (χ0n) is 68.9. The molecule has 0 spiro atoms. The Morgan fingerprint density at radius 2 is 0.468 bits per heavy atom. The fourth-order valence-electron chi connectivity index (χ4n) is 15.8. The van der Waals surface area contributed by atoms with Gasteiger partial charge in [-0.25, -0.2) is 0 Å². The van der Waals surface area contributed by atoms with Gasteiger partial charge in [-0.1, -0.05) is 415 Å². The van der Waals surface area contributed by atoms with Crippen molar-refractivity contribution in [1.29, 1.82) is 0 Å². The maximum Gasteiger partial charge on any atom is 0.223 e. The number of hydrogen-bond donors (Lipinski definition) is 2. The first kappa shape index (κ1) is 90.4. The first-order valence-corrected chi connectivity index (χ1v) is 44.3. The molecule has 111 heavy (non-hydrogen) atoms. The van der Waals surface area contributed by atoms with E-state index in [1.165, 1.54) is 154 Å². The number of carbonyl (C=O) groups excluding carboxylic acids is 2. The predicted molar refractivity (Wildman–Crippen MR) is 450 cm³/mol. The molecule has 612 valence electrons. The number of hydrogen-bond acceptors (Lipinski definition) is 11. The van der Waals surface area contributed by atoms with Gasteiger partial charge in [-0.15, -0.1) is 0 Å². The van der Waals surface area contributed by atoms with E-state index < -0.39 is 61.4 Å². The minimum Gasteiger partial charge on any atom is -0.368 e. The van der Waals surface area contributed by atoms with E-state index in [1.54, 1.807) is 0 Å². The van der Waals surface area contributed by atoms with E-state index in [4.69, 9.17) is 42.6 Å². The Labute approximate surface area is 671 Å². The molecule has 0 bridgehead atoms.